The average Bonchev–Trinajstić information content (AvgIpc) is 2.66. The summed E-state index contributed by atoms with van der Waals surface area (Å²) in [7, 11) is 0. The summed E-state index contributed by atoms with van der Waals surface area (Å²) in [6.45, 7) is 7.05. The highest BCUT2D eigenvalue weighted by molar-refractivity contribution is 5.47. The van der Waals surface area contributed by atoms with Crippen molar-refractivity contribution in [3.63, 3.8) is 0 Å². The van der Waals surface area contributed by atoms with Crippen LogP contribution in [0, 0.1) is 6.92 Å². The van der Waals surface area contributed by atoms with Crippen molar-refractivity contribution in [2.24, 2.45) is 0 Å². The Labute approximate surface area is 105 Å². The van der Waals surface area contributed by atoms with E-state index in [2.05, 4.69) is 37.4 Å². The summed E-state index contributed by atoms with van der Waals surface area (Å²) in [6, 6.07) is 6.94. The van der Waals surface area contributed by atoms with E-state index in [0.29, 0.717) is 5.41 Å². The first-order chi connectivity index (χ1) is 8.27. The summed E-state index contributed by atoms with van der Waals surface area (Å²) in [6.07, 6.45) is 5.36. The van der Waals surface area contributed by atoms with Gasteiger partial charge in [0.25, 0.3) is 0 Å². The maximum Gasteiger partial charge on any atom is -0.00116 e. The van der Waals surface area contributed by atoms with E-state index >= 15 is 0 Å². The van der Waals surface area contributed by atoms with Crippen LogP contribution in [0.15, 0.2) is 18.2 Å². The van der Waals surface area contributed by atoms with Crippen LogP contribution in [0.25, 0.3) is 0 Å². The third-order valence-corrected chi connectivity index (χ3v) is 4.97. The molecule has 17 heavy (non-hydrogen) atoms. The van der Waals surface area contributed by atoms with Crippen molar-refractivity contribution in [3.8, 4) is 0 Å². The summed E-state index contributed by atoms with van der Waals surface area (Å²) < 4.78 is 0. The van der Waals surface area contributed by atoms with Crippen LogP contribution < -0.4 is 5.32 Å². The van der Waals surface area contributed by atoms with Crippen LogP contribution in [-0.4, -0.2) is 13.1 Å². The molecular formula is C16H23N. The Balaban J connectivity index is 2.10. The number of fused-ring (bicyclic) bond motifs is 2. The topological polar surface area (TPSA) is 12.0 Å². The van der Waals surface area contributed by atoms with E-state index in [0.717, 1.165) is 5.92 Å². The largest absolute Gasteiger partial charge is 0.317 e. The Morgan fingerprint density at radius 1 is 1.29 bits per heavy atom. The summed E-state index contributed by atoms with van der Waals surface area (Å²) in [4.78, 5) is 0. The van der Waals surface area contributed by atoms with E-state index in [4.69, 9.17) is 0 Å². The van der Waals surface area contributed by atoms with E-state index in [1.165, 1.54) is 44.3 Å². The molecule has 1 nitrogen and oxygen atoms in total. The highest BCUT2D eigenvalue weighted by Gasteiger charge is 2.44. The molecule has 0 amide bonds. The number of aryl methyl sites for hydroxylation is 1. The van der Waals surface area contributed by atoms with E-state index in [1.54, 1.807) is 11.1 Å². The minimum atomic E-state index is 0.507. The number of hydrogen-bond acceptors (Lipinski definition) is 1. The number of benzene rings is 1. The van der Waals surface area contributed by atoms with Crippen LogP contribution in [-0.2, 0) is 5.41 Å². The standard InChI is InChI=1S/C16H23N/c1-3-13-11-16(7-9-17-10-8-16)15-12(2)5-4-6-14(13)15/h4-6,13,17H,3,7-11H2,1-2H3. The van der Waals surface area contributed by atoms with Gasteiger partial charge in [0, 0.05) is 0 Å². The summed E-state index contributed by atoms with van der Waals surface area (Å²) in [5.41, 5.74) is 5.41. The zero-order valence-electron chi connectivity index (χ0n) is 11.1. The van der Waals surface area contributed by atoms with Crippen LogP contribution in [0.2, 0.25) is 0 Å². The molecule has 1 N–H and O–H groups in total. The molecule has 2 aliphatic rings. The molecule has 92 valence electrons. The molecule has 0 aromatic heterocycles. The first-order valence-electron chi connectivity index (χ1n) is 7.07. The van der Waals surface area contributed by atoms with Crippen molar-refractivity contribution in [3.05, 3.63) is 34.9 Å². The van der Waals surface area contributed by atoms with Gasteiger partial charge in [0.2, 0.25) is 0 Å². The molecule has 0 radical (unpaired) electrons. The first-order valence-corrected chi connectivity index (χ1v) is 7.07. The van der Waals surface area contributed by atoms with E-state index in [9.17, 15) is 0 Å². The van der Waals surface area contributed by atoms with Crippen molar-refractivity contribution in [2.75, 3.05) is 13.1 Å². The Morgan fingerprint density at radius 3 is 2.76 bits per heavy atom. The molecule has 1 aromatic rings. The lowest BCUT2D eigenvalue weighted by Crippen LogP contribution is -2.38. The minimum absolute atomic E-state index is 0.507. The summed E-state index contributed by atoms with van der Waals surface area (Å²) >= 11 is 0. The Bertz CT molecular complexity index is 416. The molecule has 1 aliphatic carbocycles. The maximum atomic E-state index is 3.52. The first kappa shape index (κ1) is 11.3. The predicted octanol–water partition coefficient (Wildman–Crippen LogP) is 3.51. The second-order valence-corrected chi connectivity index (χ2v) is 5.88. The fourth-order valence-corrected chi connectivity index (χ4v) is 4.16. The van der Waals surface area contributed by atoms with Crippen LogP contribution >= 0.6 is 0 Å². The van der Waals surface area contributed by atoms with Gasteiger partial charge in [0.15, 0.2) is 0 Å². The van der Waals surface area contributed by atoms with Gasteiger partial charge >= 0.3 is 0 Å². The van der Waals surface area contributed by atoms with Crippen molar-refractivity contribution < 1.29 is 0 Å². The lowest BCUT2D eigenvalue weighted by molar-refractivity contribution is 0.291. The Morgan fingerprint density at radius 2 is 2.06 bits per heavy atom. The second kappa shape index (κ2) is 4.13. The molecule has 1 unspecified atom stereocenters. The molecule has 0 saturated carbocycles. The fourth-order valence-electron chi connectivity index (χ4n) is 4.16. The van der Waals surface area contributed by atoms with Crippen LogP contribution in [0.4, 0.5) is 0 Å². The quantitative estimate of drug-likeness (QED) is 0.777. The SMILES string of the molecule is CCC1CC2(CCNCC2)c2c(C)cccc21. The number of piperidine rings is 1. The molecule has 3 rings (SSSR count). The predicted molar refractivity (Wildman–Crippen MR) is 72.6 cm³/mol. The lowest BCUT2D eigenvalue weighted by Gasteiger charge is -2.36. The number of rotatable bonds is 1. The summed E-state index contributed by atoms with van der Waals surface area (Å²) in [5, 5.41) is 3.52. The second-order valence-electron chi connectivity index (χ2n) is 5.88. The van der Waals surface area contributed by atoms with Gasteiger partial charge < -0.3 is 5.32 Å². The van der Waals surface area contributed by atoms with Crippen molar-refractivity contribution in [1.29, 1.82) is 0 Å². The third kappa shape index (κ3) is 1.63. The molecule has 1 fully saturated rings. The zero-order valence-corrected chi connectivity index (χ0v) is 11.1. The van der Waals surface area contributed by atoms with E-state index in [1.807, 2.05) is 0 Å². The molecule has 1 aliphatic heterocycles. The molecule has 1 atom stereocenters. The molecule has 0 bridgehead atoms. The van der Waals surface area contributed by atoms with Gasteiger partial charge in [-0.2, -0.15) is 0 Å². The normalized spacial score (nSPS) is 26.1. The van der Waals surface area contributed by atoms with Gasteiger partial charge in [-0.1, -0.05) is 25.1 Å². The fraction of sp³-hybridized carbons (Fsp3) is 0.625. The Kier molecular flexibility index (Phi) is 2.74. The zero-order chi connectivity index (χ0) is 11.9. The average molecular weight is 229 g/mol. The number of nitrogens with one attached hydrogen (secondary N) is 1. The van der Waals surface area contributed by atoms with Gasteiger partial charge in [-0.15, -0.1) is 0 Å². The van der Waals surface area contributed by atoms with Crippen LogP contribution in [0.1, 0.15) is 55.2 Å². The van der Waals surface area contributed by atoms with Gasteiger partial charge in [0.1, 0.15) is 0 Å². The molecule has 1 saturated heterocycles. The number of hydrogen-bond donors (Lipinski definition) is 1. The smallest absolute Gasteiger partial charge is 0.00116 e. The molecule has 1 spiro atoms. The molecule has 1 aromatic carbocycles. The van der Waals surface area contributed by atoms with Gasteiger partial charge in [-0.3, -0.25) is 0 Å². The summed E-state index contributed by atoms with van der Waals surface area (Å²) in [5.74, 6) is 0.808. The van der Waals surface area contributed by atoms with Gasteiger partial charge in [-0.05, 0) is 73.7 Å². The van der Waals surface area contributed by atoms with Gasteiger partial charge in [-0.25, -0.2) is 0 Å². The molecule has 1 heterocycles. The van der Waals surface area contributed by atoms with E-state index < -0.39 is 0 Å². The highest BCUT2D eigenvalue weighted by atomic mass is 14.9. The van der Waals surface area contributed by atoms with Gasteiger partial charge in [0.05, 0.1) is 0 Å². The van der Waals surface area contributed by atoms with Crippen molar-refractivity contribution >= 4 is 0 Å². The van der Waals surface area contributed by atoms with Crippen LogP contribution in [0.3, 0.4) is 0 Å². The minimum Gasteiger partial charge on any atom is -0.317 e. The third-order valence-electron chi connectivity index (χ3n) is 4.97. The van der Waals surface area contributed by atoms with E-state index in [-0.39, 0.29) is 0 Å². The monoisotopic (exact) mass is 229 g/mol. The van der Waals surface area contributed by atoms with Crippen molar-refractivity contribution in [2.45, 2.75) is 50.9 Å². The Hall–Kier alpha value is -0.820. The van der Waals surface area contributed by atoms with Crippen molar-refractivity contribution in [1.82, 2.24) is 5.32 Å². The van der Waals surface area contributed by atoms with Crippen LogP contribution in [0.5, 0.6) is 0 Å². The molecule has 1 heteroatoms. The lowest BCUT2D eigenvalue weighted by atomic mass is 9.72. The maximum absolute atomic E-state index is 3.52. The highest BCUT2D eigenvalue weighted by Crippen LogP contribution is 2.52. The molecular weight excluding hydrogens is 206 g/mol.